The molecule has 0 bridgehead atoms. The molecule has 1 aromatic rings. The number of ether oxygens (including phenoxy) is 1. The van der Waals surface area contributed by atoms with Gasteiger partial charge >= 0.3 is 0 Å². The van der Waals surface area contributed by atoms with Crippen LogP contribution in [0, 0.1) is 0 Å². The number of nitrogens with one attached hydrogen (secondary N) is 1. The smallest absolute Gasteiger partial charge is 0.250 e. The van der Waals surface area contributed by atoms with Crippen LogP contribution in [0.15, 0.2) is 23.1 Å². The molecule has 0 aliphatic rings. The van der Waals surface area contributed by atoms with E-state index < -0.39 is 0 Å². The molecule has 100 valence electrons. The first-order valence-corrected chi connectivity index (χ1v) is 5.95. The van der Waals surface area contributed by atoms with Gasteiger partial charge in [0.05, 0.1) is 12.3 Å². The van der Waals surface area contributed by atoms with Crippen molar-refractivity contribution in [1.82, 2.24) is 4.57 Å². The van der Waals surface area contributed by atoms with E-state index in [1.807, 2.05) is 6.92 Å². The molecule has 1 heterocycles. The number of aryl methyl sites for hydroxylation is 1. The standard InChI is InChI=1S/C12H19N3O3/c1-2-6-15-8-10(3-4-12(15)17)14-11(16)9-18-7-5-13/h3-4,8H,2,5-7,9,13H2,1H3,(H,14,16). The summed E-state index contributed by atoms with van der Waals surface area (Å²) in [6, 6.07) is 3.02. The molecule has 0 aliphatic carbocycles. The zero-order valence-electron chi connectivity index (χ0n) is 10.5. The molecule has 0 saturated carbocycles. The van der Waals surface area contributed by atoms with Crippen LogP contribution in [0.4, 0.5) is 5.69 Å². The fraction of sp³-hybridized carbons (Fsp3) is 0.500. The maximum Gasteiger partial charge on any atom is 0.250 e. The highest BCUT2D eigenvalue weighted by molar-refractivity contribution is 5.91. The van der Waals surface area contributed by atoms with Crippen molar-refractivity contribution < 1.29 is 9.53 Å². The summed E-state index contributed by atoms with van der Waals surface area (Å²) in [5, 5.41) is 2.66. The Bertz CT molecular complexity index is 442. The largest absolute Gasteiger partial charge is 0.370 e. The van der Waals surface area contributed by atoms with Crippen LogP contribution < -0.4 is 16.6 Å². The number of carbonyl (C=O) groups is 1. The van der Waals surface area contributed by atoms with Crippen LogP contribution in [0.1, 0.15) is 13.3 Å². The minimum absolute atomic E-state index is 0.0376. The summed E-state index contributed by atoms with van der Waals surface area (Å²) in [5.74, 6) is -0.259. The molecule has 0 aromatic carbocycles. The third-order valence-electron chi connectivity index (χ3n) is 2.23. The predicted molar refractivity (Wildman–Crippen MR) is 69.5 cm³/mol. The highest BCUT2D eigenvalue weighted by Crippen LogP contribution is 2.03. The lowest BCUT2D eigenvalue weighted by atomic mass is 10.3. The molecule has 0 aliphatic heterocycles. The van der Waals surface area contributed by atoms with E-state index in [-0.39, 0.29) is 18.1 Å². The second-order valence-electron chi connectivity index (χ2n) is 3.84. The Labute approximate surface area is 106 Å². The van der Waals surface area contributed by atoms with Crippen molar-refractivity contribution in [2.45, 2.75) is 19.9 Å². The van der Waals surface area contributed by atoms with Gasteiger partial charge in [-0.15, -0.1) is 0 Å². The number of pyridine rings is 1. The Balaban J connectivity index is 2.59. The van der Waals surface area contributed by atoms with Crippen molar-refractivity contribution in [3.8, 4) is 0 Å². The minimum Gasteiger partial charge on any atom is -0.370 e. The van der Waals surface area contributed by atoms with Crippen LogP contribution in [0.25, 0.3) is 0 Å². The average Bonchev–Trinajstić information content (AvgIpc) is 2.34. The molecular weight excluding hydrogens is 234 g/mol. The highest BCUT2D eigenvalue weighted by atomic mass is 16.5. The van der Waals surface area contributed by atoms with Gasteiger partial charge in [-0.05, 0) is 12.5 Å². The van der Waals surface area contributed by atoms with E-state index in [2.05, 4.69) is 5.32 Å². The van der Waals surface area contributed by atoms with Gasteiger partial charge in [-0.1, -0.05) is 6.92 Å². The van der Waals surface area contributed by atoms with Crippen molar-refractivity contribution in [1.29, 1.82) is 0 Å². The van der Waals surface area contributed by atoms with E-state index in [1.54, 1.807) is 16.8 Å². The summed E-state index contributed by atoms with van der Waals surface area (Å²) in [6.07, 6.45) is 2.49. The lowest BCUT2D eigenvalue weighted by Crippen LogP contribution is -2.23. The van der Waals surface area contributed by atoms with E-state index in [0.717, 1.165) is 6.42 Å². The molecule has 0 saturated heterocycles. The van der Waals surface area contributed by atoms with Gasteiger partial charge in [0.2, 0.25) is 5.91 Å². The Morgan fingerprint density at radius 3 is 2.94 bits per heavy atom. The fourth-order valence-electron chi connectivity index (χ4n) is 1.47. The average molecular weight is 253 g/mol. The SMILES string of the molecule is CCCn1cc(NC(=O)COCCN)ccc1=O. The number of nitrogens with zero attached hydrogens (tertiary/aromatic N) is 1. The van der Waals surface area contributed by atoms with Gasteiger partial charge in [0.15, 0.2) is 0 Å². The number of amides is 1. The molecule has 0 atom stereocenters. The van der Waals surface area contributed by atoms with Crippen molar-refractivity contribution in [3.63, 3.8) is 0 Å². The zero-order valence-corrected chi connectivity index (χ0v) is 10.5. The lowest BCUT2D eigenvalue weighted by molar-refractivity contribution is -0.120. The maximum absolute atomic E-state index is 11.5. The minimum atomic E-state index is -0.259. The molecule has 0 fully saturated rings. The molecule has 1 rings (SSSR count). The quantitative estimate of drug-likeness (QED) is 0.678. The number of rotatable bonds is 7. The fourth-order valence-corrected chi connectivity index (χ4v) is 1.47. The van der Waals surface area contributed by atoms with Crippen molar-refractivity contribution in [2.75, 3.05) is 25.1 Å². The molecule has 0 spiro atoms. The molecule has 3 N–H and O–H groups in total. The number of aromatic nitrogens is 1. The molecule has 1 amide bonds. The number of carbonyl (C=O) groups excluding carboxylic acids is 1. The second-order valence-corrected chi connectivity index (χ2v) is 3.84. The molecule has 0 unspecified atom stereocenters. The topological polar surface area (TPSA) is 86.3 Å². The third-order valence-corrected chi connectivity index (χ3v) is 2.23. The normalized spacial score (nSPS) is 10.3. The van der Waals surface area contributed by atoms with Gasteiger partial charge in [0, 0.05) is 25.4 Å². The molecule has 1 aromatic heterocycles. The van der Waals surface area contributed by atoms with Crippen LogP contribution in [-0.2, 0) is 16.1 Å². The van der Waals surface area contributed by atoms with Crippen molar-refractivity contribution in [3.05, 3.63) is 28.7 Å². The molecule has 6 heteroatoms. The van der Waals surface area contributed by atoms with Crippen LogP contribution >= 0.6 is 0 Å². The monoisotopic (exact) mass is 253 g/mol. The summed E-state index contributed by atoms with van der Waals surface area (Å²) in [6.45, 7) is 3.31. The van der Waals surface area contributed by atoms with Crippen molar-refractivity contribution in [2.24, 2.45) is 5.73 Å². The summed E-state index contributed by atoms with van der Waals surface area (Å²) in [7, 11) is 0. The van der Waals surface area contributed by atoms with Gasteiger partial charge in [0.25, 0.3) is 5.56 Å². The molecular formula is C12H19N3O3. The molecule has 0 radical (unpaired) electrons. The first kappa shape index (κ1) is 14.4. The zero-order chi connectivity index (χ0) is 13.4. The number of hydrogen-bond donors (Lipinski definition) is 2. The van der Waals surface area contributed by atoms with Gasteiger partial charge in [0.1, 0.15) is 6.61 Å². The van der Waals surface area contributed by atoms with E-state index in [0.29, 0.717) is 25.4 Å². The second kappa shape index (κ2) is 7.62. The van der Waals surface area contributed by atoms with E-state index in [1.165, 1.54) is 6.07 Å². The van der Waals surface area contributed by atoms with Gasteiger partial charge in [-0.2, -0.15) is 0 Å². The lowest BCUT2D eigenvalue weighted by Gasteiger charge is -2.08. The van der Waals surface area contributed by atoms with E-state index in [4.69, 9.17) is 10.5 Å². The third kappa shape index (κ3) is 4.68. The highest BCUT2D eigenvalue weighted by Gasteiger charge is 2.03. The summed E-state index contributed by atoms with van der Waals surface area (Å²) in [5.41, 5.74) is 5.75. The van der Waals surface area contributed by atoms with Gasteiger partial charge < -0.3 is 20.4 Å². The Hall–Kier alpha value is -1.66. The van der Waals surface area contributed by atoms with Crippen LogP contribution in [0.2, 0.25) is 0 Å². The number of anilines is 1. The Morgan fingerprint density at radius 2 is 2.28 bits per heavy atom. The predicted octanol–water partition coefficient (Wildman–Crippen LogP) is 0.172. The molecule has 18 heavy (non-hydrogen) atoms. The van der Waals surface area contributed by atoms with Gasteiger partial charge in [-0.25, -0.2) is 0 Å². The van der Waals surface area contributed by atoms with Gasteiger partial charge in [-0.3, -0.25) is 9.59 Å². The summed E-state index contributed by atoms with van der Waals surface area (Å²) < 4.78 is 6.58. The van der Waals surface area contributed by atoms with Crippen LogP contribution in [0.5, 0.6) is 0 Å². The first-order valence-electron chi connectivity index (χ1n) is 5.95. The number of nitrogens with two attached hydrogens (primary N) is 1. The Kier molecular flexibility index (Phi) is 6.10. The van der Waals surface area contributed by atoms with E-state index >= 15 is 0 Å². The van der Waals surface area contributed by atoms with Crippen LogP contribution in [0.3, 0.4) is 0 Å². The maximum atomic E-state index is 11.5. The summed E-state index contributed by atoms with van der Waals surface area (Å²) in [4.78, 5) is 22.9. The van der Waals surface area contributed by atoms with Crippen LogP contribution in [-0.4, -0.2) is 30.2 Å². The van der Waals surface area contributed by atoms with E-state index in [9.17, 15) is 9.59 Å². The number of hydrogen-bond acceptors (Lipinski definition) is 4. The first-order chi connectivity index (χ1) is 8.67. The van der Waals surface area contributed by atoms with Crippen molar-refractivity contribution >= 4 is 11.6 Å². The molecule has 6 nitrogen and oxygen atoms in total. The Morgan fingerprint density at radius 1 is 1.50 bits per heavy atom. The summed E-state index contributed by atoms with van der Waals surface area (Å²) >= 11 is 0.